The van der Waals surface area contributed by atoms with Crippen molar-refractivity contribution in [3.05, 3.63) is 84.6 Å². The summed E-state index contributed by atoms with van der Waals surface area (Å²) in [6, 6.07) is 6.55. The maximum absolute atomic E-state index is 13.6. The molecular formula is C34H48F4O4Ti. The normalized spacial score (nSPS) is 18.0. The molecule has 240 valence electrons. The van der Waals surface area contributed by atoms with Crippen molar-refractivity contribution in [3.8, 4) is 0 Å². The van der Waals surface area contributed by atoms with Crippen LogP contribution in [-0.2, 0) is 65.1 Å². The standard InChI is InChI=1S/2C11H11F2O2.2C5H10.2CH3.Ti/c2*1-14-11(15-2)4-3-7-5-8(12)6-9(13)10(7)11;2*1-2-4-5-3-1;;;/h2*5H,3-4H2,1-2H3;2*1-5H2;2*1H3;/q2*-1;;;2*-1;+4. The molecule has 2 aromatic carbocycles. The Hall–Kier alpha value is -1.29. The van der Waals surface area contributed by atoms with Gasteiger partial charge in [-0.25, -0.2) is 17.6 Å². The second-order valence-corrected chi connectivity index (χ2v) is 10.5. The van der Waals surface area contributed by atoms with Crippen molar-refractivity contribution in [3.63, 3.8) is 0 Å². The Morgan fingerprint density at radius 1 is 0.535 bits per heavy atom. The minimum Gasteiger partial charge on any atom is -0.360 e. The summed E-state index contributed by atoms with van der Waals surface area (Å²) in [5.41, 5.74) is 1.72. The quantitative estimate of drug-likeness (QED) is 0.144. The van der Waals surface area contributed by atoms with Gasteiger partial charge in [0.25, 0.3) is 0 Å². The molecule has 9 heteroatoms. The predicted molar refractivity (Wildman–Crippen MR) is 157 cm³/mol. The molecule has 4 nitrogen and oxygen atoms in total. The maximum Gasteiger partial charge on any atom is 4.00 e. The van der Waals surface area contributed by atoms with Gasteiger partial charge in [0.2, 0.25) is 0 Å². The van der Waals surface area contributed by atoms with Gasteiger partial charge in [0, 0.05) is 51.7 Å². The molecule has 0 unspecified atom stereocenters. The van der Waals surface area contributed by atoms with Crippen molar-refractivity contribution >= 4 is 0 Å². The average molecular weight is 645 g/mol. The summed E-state index contributed by atoms with van der Waals surface area (Å²) in [5, 5.41) is 0. The van der Waals surface area contributed by atoms with E-state index in [4.69, 9.17) is 18.9 Å². The summed E-state index contributed by atoms with van der Waals surface area (Å²) in [7, 11) is 5.78. The Morgan fingerprint density at radius 3 is 1.02 bits per heavy atom. The molecule has 2 aromatic rings. The number of rotatable bonds is 4. The Kier molecular flexibility index (Phi) is 19.4. The van der Waals surface area contributed by atoms with Gasteiger partial charge in [-0.15, -0.1) is 35.4 Å². The van der Waals surface area contributed by atoms with Crippen molar-refractivity contribution in [1.29, 1.82) is 0 Å². The summed E-state index contributed by atoms with van der Waals surface area (Å²) in [5.74, 6) is -4.99. The molecule has 0 aromatic heterocycles. The number of aryl methyl sites for hydroxylation is 2. The molecule has 2 fully saturated rings. The number of hydrogen-bond acceptors (Lipinski definition) is 4. The summed E-state index contributed by atoms with van der Waals surface area (Å²) >= 11 is 0. The minimum atomic E-state index is -1.08. The van der Waals surface area contributed by atoms with Crippen LogP contribution in [0.1, 0.15) is 99.3 Å². The van der Waals surface area contributed by atoms with Crippen LogP contribution in [0, 0.1) is 50.3 Å². The molecule has 0 atom stereocenters. The molecule has 2 saturated carbocycles. The van der Waals surface area contributed by atoms with Crippen LogP contribution >= 0.6 is 0 Å². The van der Waals surface area contributed by atoms with Crippen LogP contribution in [0.4, 0.5) is 17.6 Å². The first kappa shape index (κ1) is 41.7. The molecule has 0 bridgehead atoms. The minimum absolute atomic E-state index is 0. The molecule has 0 N–H and O–H groups in total. The van der Waals surface area contributed by atoms with Crippen LogP contribution in [0.25, 0.3) is 0 Å². The van der Waals surface area contributed by atoms with Gasteiger partial charge in [-0.2, -0.15) is 0 Å². The van der Waals surface area contributed by atoms with Gasteiger partial charge < -0.3 is 33.8 Å². The Balaban J connectivity index is 0.000000591. The zero-order chi connectivity index (χ0) is 29.2. The average Bonchev–Trinajstić information content (AvgIpc) is 3.76. The van der Waals surface area contributed by atoms with E-state index in [-0.39, 0.29) is 47.7 Å². The van der Waals surface area contributed by atoms with E-state index in [1.54, 1.807) is 0 Å². The first-order valence-electron chi connectivity index (χ1n) is 14.3. The van der Waals surface area contributed by atoms with Gasteiger partial charge in [0.1, 0.15) is 0 Å². The molecule has 0 heterocycles. The second kappa shape index (κ2) is 20.0. The summed E-state index contributed by atoms with van der Waals surface area (Å²) in [6.07, 6.45) is 17.1. The predicted octanol–water partition coefficient (Wildman–Crippen LogP) is 9.11. The van der Waals surface area contributed by atoms with Gasteiger partial charge in [0.05, 0.1) is 0 Å². The zero-order valence-corrected chi connectivity index (χ0v) is 28.3. The largest absolute Gasteiger partial charge is 4.00 e. The number of methoxy groups -OCH3 is 4. The number of hydrogen-bond donors (Lipinski definition) is 0. The Morgan fingerprint density at radius 2 is 0.791 bits per heavy atom. The Bertz CT molecular complexity index is 982. The van der Waals surface area contributed by atoms with E-state index in [2.05, 4.69) is 0 Å². The molecule has 0 aliphatic heterocycles. The first-order valence-corrected chi connectivity index (χ1v) is 14.3. The van der Waals surface area contributed by atoms with Crippen LogP contribution in [0.15, 0.2) is 12.1 Å². The summed E-state index contributed by atoms with van der Waals surface area (Å²) in [6.45, 7) is 0. The van der Waals surface area contributed by atoms with Crippen molar-refractivity contribution in [2.24, 2.45) is 0 Å². The van der Waals surface area contributed by atoms with Gasteiger partial charge >= 0.3 is 21.7 Å². The maximum atomic E-state index is 13.6. The molecule has 6 rings (SSSR count). The third kappa shape index (κ3) is 10.4. The first-order chi connectivity index (χ1) is 19.3. The second-order valence-electron chi connectivity index (χ2n) is 10.5. The van der Waals surface area contributed by atoms with Gasteiger partial charge in [-0.3, -0.25) is 0 Å². The van der Waals surface area contributed by atoms with Crippen LogP contribution < -0.4 is 0 Å². The fourth-order valence-corrected chi connectivity index (χ4v) is 5.96. The van der Waals surface area contributed by atoms with E-state index >= 15 is 0 Å². The van der Waals surface area contributed by atoms with Crippen LogP contribution in [0.3, 0.4) is 0 Å². The molecule has 0 spiro atoms. The van der Waals surface area contributed by atoms with Gasteiger partial charge in [-0.1, -0.05) is 75.3 Å². The smallest absolute Gasteiger partial charge is 0.360 e. The number of fused-ring (bicyclic) bond motifs is 2. The van der Waals surface area contributed by atoms with E-state index in [1.165, 1.54) is 105 Å². The number of ether oxygens (including phenoxy) is 4. The zero-order valence-electron chi connectivity index (χ0n) is 26.7. The molecule has 4 aliphatic rings. The van der Waals surface area contributed by atoms with Crippen molar-refractivity contribution < 1.29 is 58.2 Å². The number of halogens is 4. The van der Waals surface area contributed by atoms with E-state index in [0.717, 1.165) is 0 Å². The number of benzene rings is 2. The molecule has 0 saturated heterocycles. The summed E-state index contributed by atoms with van der Waals surface area (Å²) < 4.78 is 73.7. The van der Waals surface area contributed by atoms with Crippen LogP contribution in [0.5, 0.6) is 0 Å². The topological polar surface area (TPSA) is 36.9 Å². The van der Waals surface area contributed by atoms with E-state index in [9.17, 15) is 17.6 Å². The van der Waals surface area contributed by atoms with E-state index < -0.39 is 34.8 Å². The van der Waals surface area contributed by atoms with Crippen molar-refractivity contribution in [2.45, 2.75) is 101 Å². The Labute approximate surface area is 272 Å². The summed E-state index contributed by atoms with van der Waals surface area (Å²) in [4.78, 5) is 0. The van der Waals surface area contributed by atoms with Gasteiger partial charge in [0.15, 0.2) is 11.6 Å². The third-order valence-electron chi connectivity index (χ3n) is 8.17. The van der Waals surface area contributed by atoms with Crippen molar-refractivity contribution in [2.75, 3.05) is 28.4 Å². The van der Waals surface area contributed by atoms with Crippen LogP contribution in [-0.4, -0.2) is 28.4 Å². The molecule has 43 heavy (non-hydrogen) atoms. The van der Waals surface area contributed by atoms with E-state index in [1.807, 2.05) is 12.1 Å². The molecule has 0 radical (unpaired) electrons. The third-order valence-corrected chi connectivity index (χ3v) is 8.17. The molecule has 0 amide bonds. The van der Waals surface area contributed by atoms with Crippen LogP contribution in [0.2, 0.25) is 0 Å². The monoisotopic (exact) mass is 644 g/mol. The van der Waals surface area contributed by atoms with Crippen molar-refractivity contribution in [1.82, 2.24) is 0 Å². The fourth-order valence-electron chi connectivity index (χ4n) is 5.96. The van der Waals surface area contributed by atoms with E-state index in [0.29, 0.717) is 36.8 Å². The molecular weight excluding hydrogens is 596 g/mol. The molecule has 4 aliphatic carbocycles. The SMILES string of the molecule is C1CCCC1.C1CCCC1.COC1(OC)CCc2cc(F)[c-]c(F)c21.COC1(OC)CCc2cc(F)[c-]c(F)c21.[CH3-].[CH3-].[Ti+4]. The fraction of sp³-hybridized carbons (Fsp3) is 0.588. The van der Waals surface area contributed by atoms with Gasteiger partial charge in [-0.05, 0) is 25.7 Å².